The molecule has 2 rings (SSSR count). The van der Waals surface area contributed by atoms with E-state index in [1.54, 1.807) is 19.2 Å². The summed E-state index contributed by atoms with van der Waals surface area (Å²) >= 11 is 6.38. The number of methoxy groups -OCH3 is 1. The Balaban J connectivity index is 0.00000364. The Morgan fingerprint density at radius 1 is 1.30 bits per heavy atom. The fraction of sp³-hybridized carbons (Fsp3) is 0.650. The average molecular weight is 419 g/mol. The molecule has 2 N–H and O–H groups in total. The molecule has 5 nitrogen and oxygen atoms in total. The molecule has 154 valence electrons. The van der Waals surface area contributed by atoms with Crippen LogP contribution in [0.4, 0.5) is 0 Å². The highest BCUT2D eigenvalue weighted by molar-refractivity contribution is 6.32. The van der Waals surface area contributed by atoms with Crippen molar-refractivity contribution in [3.8, 4) is 11.5 Å². The van der Waals surface area contributed by atoms with Crippen molar-refractivity contribution in [2.45, 2.75) is 46.1 Å². The van der Waals surface area contributed by atoms with Crippen LogP contribution in [0.3, 0.4) is 0 Å². The van der Waals surface area contributed by atoms with Gasteiger partial charge < -0.3 is 20.1 Å². The summed E-state index contributed by atoms with van der Waals surface area (Å²) in [5, 5.41) is 0.405. The third kappa shape index (κ3) is 6.44. The van der Waals surface area contributed by atoms with Crippen molar-refractivity contribution >= 4 is 29.9 Å². The van der Waals surface area contributed by atoms with Crippen molar-refractivity contribution in [1.29, 1.82) is 0 Å². The molecule has 0 aliphatic carbocycles. The number of benzene rings is 1. The summed E-state index contributed by atoms with van der Waals surface area (Å²) in [5.41, 5.74) is 6.51. The van der Waals surface area contributed by atoms with Crippen molar-refractivity contribution in [2.75, 3.05) is 26.8 Å². The molecule has 1 aliphatic rings. The van der Waals surface area contributed by atoms with Crippen LogP contribution >= 0.6 is 24.0 Å². The Bertz CT molecular complexity index is 615. The summed E-state index contributed by atoms with van der Waals surface area (Å²) < 4.78 is 11.2. The van der Waals surface area contributed by atoms with Gasteiger partial charge in [-0.05, 0) is 50.2 Å². The first-order chi connectivity index (χ1) is 12.3. The highest BCUT2D eigenvalue weighted by atomic mass is 35.5. The summed E-state index contributed by atoms with van der Waals surface area (Å²) in [7, 11) is 1.56. The zero-order valence-electron chi connectivity index (χ0n) is 16.7. The van der Waals surface area contributed by atoms with Gasteiger partial charge in [0.2, 0.25) is 0 Å². The molecule has 1 atom stereocenters. The van der Waals surface area contributed by atoms with Crippen LogP contribution in [0.5, 0.6) is 11.5 Å². The average Bonchev–Trinajstić information content (AvgIpc) is 2.61. The monoisotopic (exact) mass is 418 g/mol. The summed E-state index contributed by atoms with van der Waals surface area (Å²) in [6, 6.07) is 3.56. The van der Waals surface area contributed by atoms with Crippen molar-refractivity contribution in [3.05, 3.63) is 22.7 Å². The summed E-state index contributed by atoms with van der Waals surface area (Å²) in [6.45, 7) is 8.31. The van der Waals surface area contributed by atoms with E-state index in [4.69, 9.17) is 26.8 Å². The smallest absolute Gasteiger partial charge is 0.254 e. The minimum atomic E-state index is -0.0259. The van der Waals surface area contributed by atoms with E-state index in [2.05, 4.69) is 13.8 Å². The number of likely N-dealkylation sites (tertiary alicyclic amines) is 1. The topological polar surface area (TPSA) is 64.8 Å². The maximum atomic E-state index is 12.9. The van der Waals surface area contributed by atoms with Crippen LogP contribution in [-0.2, 0) is 0 Å². The van der Waals surface area contributed by atoms with Crippen molar-refractivity contribution in [3.63, 3.8) is 0 Å². The predicted molar refractivity (Wildman–Crippen MR) is 112 cm³/mol. The standard InChI is InChI=1S/C20H31ClN2O3.ClH/c1-13(2)7-10-26-19-17(21)11-16(12-18(19)25-4)20(24)23-8-5-15(6-9-23)14(3)22;/h11-15H,5-10,22H2,1-4H3;1H. The van der Waals surface area contributed by atoms with Gasteiger partial charge in [-0.3, -0.25) is 4.79 Å². The number of piperidine rings is 1. The Kier molecular flexibility index (Phi) is 9.71. The Morgan fingerprint density at radius 3 is 2.44 bits per heavy atom. The second kappa shape index (κ2) is 11.0. The highest BCUT2D eigenvalue weighted by Crippen LogP contribution is 2.37. The second-order valence-corrected chi connectivity index (χ2v) is 7.92. The first-order valence-corrected chi connectivity index (χ1v) is 9.76. The first-order valence-electron chi connectivity index (χ1n) is 9.38. The molecule has 1 aliphatic heterocycles. The number of rotatable bonds is 7. The molecule has 1 aromatic carbocycles. The van der Waals surface area contributed by atoms with Gasteiger partial charge in [0.05, 0.1) is 18.7 Å². The predicted octanol–water partition coefficient (Wildman–Crippen LogP) is 4.39. The van der Waals surface area contributed by atoms with Crippen LogP contribution in [0.15, 0.2) is 12.1 Å². The SMILES string of the molecule is COc1cc(C(=O)N2CCC(C(C)N)CC2)cc(Cl)c1OCCC(C)C.Cl. The van der Waals surface area contributed by atoms with E-state index >= 15 is 0 Å². The number of halogens is 2. The zero-order chi connectivity index (χ0) is 19.3. The number of nitrogens with two attached hydrogens (primary N) is 1. The maximum absolute atomic E-state index is 12.9. The molecule has 0 bridgehead atoms. The highest BCUT2D eigenvalue weighted by Gasteiger charge is 2.26. The van der Waals surface area contributed by atoms with Crippen molar-refractivity contribution < 1.29 is 14.3 Å². The Morgan fingerprint density at radius 2 is 1.93 bits per heavy atom. The number of nitrogens with zero attached hydrogens (tertiary/aromatic N) is 1. The van der Waals surface area contributed by atoms with E-state index in [9.17, 15) is 4.79 Å². The molecule has 0 aromatic heterocycles. The third-order valence-corrected chi connectivity index (χ3v) is 5.27. The quantitative estimate of drug-likeness (QED) is 0.712. The lowest BCUT2D eigenvalue weighted by Gasteiger charge is -2.33. The molecule has 1 unspecified atom stereocenters. The lowest BCUT2D eigenvalue weighted by molar-refractivity contribution is 0.0680. The Hall–Kier alpha value is -1.17. The van der Waals surface area contributed by atoms with Crippen LogP contribution in [0.2, 0.25) is 5.02 Å². The van der Waals surface area contributed by atoms with Crippen molar-refractivity contribution in [2.24, 2.45) is 17.6 Å². The van der Waals surface area contributed by atoms with E-state index < -0.39 is 0 Å². The van der Waals surface area contributed by atoms with Gasteiger partial charge in [0.25, 0.3) is 5.91 Å². The molecule has 27 heavy (non-hydrogen) atoms. The fourth-order valence-electron chi connectivity index (χ4n) is 3.19. The van der Waals surface area contributed by atoms with Crippen LogP contribution in [0.25, 0.3) is 0 Å². The van der Waals surface area contributed by atoms with Crippen LogP contribution in [-0.4, -0.2) is 43.7 Å². The number of carbonyl (C=O) groups excluding carboxylic acids is 1. The molecule has 1 amide bonds. The maximum Gasteiger partial charge on any atom is 0.254 e. The number of hydrogen-bond donors (Lipinski definition) is 1. The molecule has 1 saturated heterocycles. The van der Waals surface area contributed by atoms with Crippen molar-refractivity contribution in [1.82, 2.24) is 4.90 Å². The van der Waals surface area contributed by atoms with Crippen LogP contribution in [0, 0.1) is 11.8 Å². The van der Waals surface area contributed by atoms with E-state index in [1.807, 2.05) is 11.8 Å². The van der Waals surface area contributed by atoms with Gasteiger partial charge in [0, 0.05) is 24.7 Å². The van der Waals surface area contributed by atoms with Gasteiger partial charge in [0.1, 0.15) is 0 Å². The second-order valence-electron chi connectivity index (χ2n) is 7.51. The molecule has 7 heteroatoms. The zero-order valence-corrected chi connectivity index (χ0v) is 18.2. The van der Waals surface area contributed by atoms with E-state index in [0.717, 1.165) is 32.4 Å². The van der Waals surface area contributed by atoms with E-state index in [0.29, 0.717) is 40.5 Å². The molecular weight excluding hydrogens is 387 g/mol. The first kappa shape index (κ1) is 23.9. The molecule has 0 radical (unpaired) electrons. The molecule has 1 heterocycles. The normalized spacial score (nSPS) is 16.0. The number of carbonyl (C=O) groups is 1. The van der Waals surface area contributed by atoms with Gasteiger partial charge in [-0.25, -0.2) is 0 Å². The lowest BCUT2D eigenvalue weighted by Crippen LogP contribution is -2.42. The molecule has 0 spiro atoms. The summed E-state index contributed by atoms with van der Waals surface area (Å²) in [5.74, 6) is 1.99. The van der Waals surface area contributed by atoms with Gasteiger partial charge in [-0.15, -0.1) is 12.4 Å². The lowest BCUT2D eigenvalue weighted by atomic mass is 9.90. The Labute approximate surface area is 173 Å². The van der Waals surface area contributed by atoms with Gasteiger partial charge in [-0.1, -0.05) is 25.4 Å². The summed E-state index contributed by atoms with van der Waals surface area (Å²) in [6.07, 6.45) is 2.80. The van der Waals surface area contributed by atoms with Gasteiger partial charge in [-0.2, -0.15) is 0 Å². The number of hydrogen-bond acceptors (Lipinski definition) is 4. The van der Waals surface area contributed by atoms with E-state index in [1.165, 1.54) is 0 Å². The number of amides is 1. The van der Waals surface area contributed by atoms with Gasteiger partial charge >= 0.3 is 0 Å². The fourth-order valence-corrected chi connectivity index (χ4v) is 3.46. The molecular formula is C20H32Cl2N2O3. The van der Waals surface area contributed by atoms with Crippen LogP contribution in [0.1, 0.15) is 50.4 Å². The molecule has 1 aromatic rings. The molecule has 1 fully saturated rings. The largest absolute Gasteiger partial charge is 0.493 e. The minimum Gasteiger partial charge on any atom is -0.493 e. The van der Waals surface area contributed by atoms with Crippen LogP contribution < -0.4 is 15.2 Å². The number of ether oxygens (including phenoxy) is 2. The minimum absolute atomic E-state index is 0. The van der Waals surface area contributed by atoms with Gasteiger partial charge in [0.15, 0.2) is 11.5 Å². The summed E-state index contributed by atoms with van der Waals surface area (Å²) in [4.78, 5) is 14.7. The third-order valence-electron chi connectivity index (χ3n) is 4.99. The molecule has 0 saturated carbocycles. The van der Waals surface area contributed by atoms with E-state index in [-0.39, 0.29) is 24.4 Å².